The van der Waals surface area contributed by atoms with E-state index >= 15 is 0 Å². The second-order valence-corrected chi connectivity index (χ2v) is 4.39. The highest BCUT2D eigenvalue weighted by molar-refractivity contribution is 5.81. The molecule has 2 rings (SSSR count). The minimum absolute atomic E-state index is 0.577. The summed E-state index contributed by atoms with van der Waals surface area (Å²) in [6, 6.07) is 5.77. The van der Waals surface area contributed by atoms with Crippen molar-refractivity contribution < 1.29 is 14.2 Å². The molecule has 0 radical (unpaired) electrons. The van der Waals surface area contributed by atoms with Gasteiger partial charge in [0.2, 0.25) is 0 Å². The molecule has 2 heterocycles. The molecule has 6 heteroatoms. The number of hydrogen-bond acceptors (Lipinski definition) is 6. The second kappa shape index (κ2) is 10.1. The van der Waals surface area contributed by atoms with Crippen LogP contribution < -0.4 is 0 Å². The highest BCUT2D eigenvalue weighted by Crippen LogP contribution is 1.95. The Bertz CT molecular complexity index is 426. The van der Waals surface area contributed by atoms with Gasteiger partial charge < -0.3 is 14.2 Å². The zero-order chi connectivity index (χ0) is 14.6. The van der Waals surface area contributed by atoms with Gasteiger partial charge in [-0.2, -0.15) is 0 Å². The molecule has 114 valence electrons. The lowest BCUT2D eigenvalue weighted by Gasteiger charge is -2.05. The largest absolute Gasteiger partial charge is 0.377 e. The fraction of sp³-hybridized carbons (Fsp3) is 0.533. The minimum Gasteiger partial charge on any atom is -0.377 e. The second-order valence-electron chi connectivity index (χ2n) is 4.39. The smallest absolute Gasteiger partial charge is 0.0815 e. The van der Waals surface area contributed by atoms with Gasteiger partial charge in [-0.1, -0.05) is 6.07 Å². The molecule has 0 atom stereocenters. The Labute approximate surface area is 124 Å². The summed E-state index contributed by atoms with van der Waals surface area (Å²) in [4.78, 5) is 13.0. The van der Waals surface area contributed by atoms with Gasteiger partial charge in [0.1, 0.15) is 0 Å². The lowest BCUT2D eigenvalue weighted by Crippen LogP contribution is -2.11. The van der Waals surface area contributed by atoms with Crippen LogP contribution in [0.1, 0.15) is 11.4 Å². The maximum absolute atomic E-state index is 5.41. The van der Waals surface area contributed by atoms with Crippen LogP contribution in [0.2, 0.25) is 0 Å². The molecular formula is C15H21N3O3. The molecule has 0 fully saturated rings. The molecule has 0 saturated carbocycles. The van der Waals surface area contributed by atoms with Crippen molar-refractivity contribution >= 4 is 12.4 Å². The molecule has 0 amide bonds. The van der Waals surface area contributed by atoms with Gasteiger partial charge in [-0.25, -0.2) is 4.98 Å². The average Bonchev–Trinajstić information content (AvgIpc) is 2.51. The van der Waals surface area contributed by atoms with Gasteiger partial charge in [0, 0.05) is 12.4 Å². The van der Waals surface area contributed by atoms with Crippen LogP contribution in [0.25, 0.3) is 0 Å². The number of aliphatic imine (C=N–C) groups is 2. The first-order valence-electron chi connectivity index (χ1n) is 7.15. The summed E-state index contributed by atoms with van der Waals surface area (Å²) in [5.41, 5.74) is 1.64. The normalized spacial score (nSPS) is 18.9. The van der Waals surface area contributed by atoms with Crippen molar-refractivity contribution in [3.63, 3.8) is 0 Å². The van der Waals surface area contributed by atoms with E-state index in [1.807, 2.05) is 18.2 Å². The van der Waals surface area contributed by atoms with E-state index in [1.54, 1.807) is 12.4 Å². The maximum atomic E-state index is 5.41. The Hall–Kier alpha value is -1.63. The van der Waals surface area contributed by atoms with E-state index in [1.165, 1.54) is 0 Å². The third kappa shape index (κ3) is 7.08. The first kappa shape index (κ1) is 15.8. The maximum Gasteiger partial charge on any atom is 0.0815 e. The highest BCUT2D eigenvalue weighted by Gasteiger charge is 1.95. The average molecular weight is 291 g/mol. The van der Waals surface area contributed by atoms with E-state index in [-0.39, 0.29) is 0 Å². The van der Waals surface area contributed by atoms with E-state index in [0.717, 1.165) is 11.4 Å². The molecule has 1 aromatic rings. The van der Waals surface area contributed by atoms with Crippen molar-refractivity contribution in [3.8, 4) is 0 Å². The molecule has 2 bridgehead atoms. The third-order valence-electron chi connectivity index (χ3n) is 2.71. The zero-order valence-electron chi connectivity index (χ0n) is 12.1. The summed E-state index contributed by atoms with van der Waals surface area (Å²) in [7, 11) is 0. The van der Waals surface area contributed by atoms with Gasteiger partial charge >= 0.3 is 0 Å². The van der Waals surface area contributed by atoms with Crippen LogP contribution >= 0.6 is 0 Å². The van der Waals surface area contributed by atoms with Gasteiger partial charge in [-0.05, 0) is 12.1 Å². The fourth-order valence-corrected chi connectivity index (χ4v) is 1.71. The molecular weight excluding hydrogens is 270 g/mol. The Morgan fingerprint density at radius 2 is 1.14 bits per heavy atom. The monoisotopic (exact) mass is 291 g/mol. The topological polar surface area (TPSA) is 65.3 Å². The minimum atomic E-state index is 0.577. The van der Waals surface area contributed by atoms with Gasteiger partial charge in [0.15, 0.2) is 0 Å². The van der Waals surface area contributed by atoms with Gasteiger partial charge in [0.05, 0.1) is 64.1 Å². The molecule has 21 heavy (non-hydrogen) atoms. The molecule has 1 aliphatic heterocycles. The van der Waals surface area contributed by atoms with Gasteiger partial charge in [-0.15, -0.1) is 0 Å². The molecule has 0 saturated heterocycles. The Balaban J connectivity index is 1.91. The van der Waals surface area contributed by atoms with Crippen LogP contribution in [0.15, 0.2) is 28.2 Å². The van der Waals surface area contributed by atoms with E-state index in [2.05, 4.69) is 15.0 Å². The summed E-state index contributed by atoms with van der Waals surface area (Å²) in [6.45, 7) is 4.70. The molecule has 0 spiro atoms. The standard InChI is InChI=1S/C15H21N3O3/c1-2-14-12-16-4-6-19-8-10-21-11-9-20-7-5-17-13-15(3-1)18-14/h1-3,12-13H,4-11H2. The van der Waals surface area contributed by atoms with Crippen molar-refractivity contribution in [2.24, 2.45) is 9.98 Å². The van der Waals surface area contributed by atoms with Crippen LogP contribution in [0, 0.1) is 0 Å². The molecule has 1 aromatic heterocycles. The molecule has 0 unspecified atom stereocenters. The number of ether oxygens (including phenoxy) is 3. The molecule has 0 N–H and O–H groups in total. The predicted octanol–water partition coefficient (Wildman–Crippen LogP) is 0.983. The third-order valence-corrected chi connectivity index (χ3v) is 2.71. The number of aromatic nitrogens is 1. The summed E-state index contributed by atoms with van der Waals surface area (Å²) < 4.78 is 16.2. The molecule has 0 aromatic carbocycles. The van der Waals surface area contributed by atoms with Crippen LogP contribution in [0.3, 0.4) is 0 Å². The van der Waals surface area contributed by atoms with Crippen LogP contribution in [-0.2, 0) is 14.2 Å². The number of fused-ring (bicyclic) bond motifs is 2. The van der Waals surface area contributed by atoms with Crippen molar-refractivity contribution in [2.75, 3.05) is 52.7 Å². The van der Waals surface area contributed by atoms with E-state index in [0.29, 0.717) is 52.7 Å². The highest BCUT2D eigenvalue weighted by atomic mass is 16.5. The molecule has 0 aliphatic carbocycles. The lowest BCUT2D eigenvalue weighted by molar-refractivity contribution is 0.0176. The van der Waals surface area contributed by atoms with Crippen LogP contribution in [-0.4, -0.2) is 70.1 Å². The van der Waals surface area contributed by atoms with Gasteiger partial charge in [-0.3, -0.25) is 9.98 Å². The zero-order valence-corrected chi connectivity index (χ0v) is 12.1. The first-order valence-corrected chi connectivity index (χ1v) is 7.15. The van der Waals surface area contributed by atoms with Crippen molar-refractivity contribution in [3.05, 3.63) is 29.6 Å². The summed E-state index contributed by atoms with van der Waals surface area (Å²) in [6.07, 6.45) is 3.51. The predicted molar refractivity (Wildman–Crippen MR) is 81.6 cm³/mol. The van der Waals surface area contributed by atoms with Crippen LogP contribution in [0.4, 0.5) is 0 Å². The Morgan fingerprint density at radius 1 is 0.667 bits per heavy atom. The summed E-state index contributed by atoms with van der Waals surface area (Å²) >= 11 is 0. The Kier molecular flexibility index (Phi) is 7.61. The molecule has 1 aliphatic rings. The summed E-state index contributed by atoms with van der Waals surface area (Å²) in [5, 5.41) is 0. The van der Waals surface area contributed by atoms with Crippen molar-refractivity contribution in [1.82, 2.24) is 4.98 Å². The summed E-state index contributed by atoms with van der Waals surface area (Å²) in [5.74, 6) is 0. The van der Waals surface area contributed by atoms with Crippen molar-refractivity contribution in [1.29, 1.82) is 0 Å². The quantitative estimate of drug-likeness (QED) is 0.715. The SMILES string of the molecule is C1=NCCOCCOCCOCCN=Cc2cccc1n2. The van der Waals surface area contributed by atoms with E-state index in [9.17, 15) is 0 Å². The number of nitrogens with zero attached hydrogens (tertiary/aromatic N) is 3. The number of rotatable bonds is 0. The first-order chi connectivity index (χ1) is 10.4. The van der Waals surface area contributed by atoms with Crippen LogP contribution in [0.5, 0.6) is 0 Å². The Morgan fingerprint density at radius 3 is 1.67 bits per heavy atom. The van der Waals surface area contributed by atoms with E-state index < -0.39 is 0 Å². The van der Waals surface area contributed by atoms with Gasteiger partial charge in [0.25, 0.3) is 0 Å². The number of pyridine rings is 1. The van der Waals surface area contributed by atoms with Crippen molar-refractivity contribution in [2.45, 2.75) is 0 Å². The lowest BCUT2D eigenvalue weighted by atomic mass is 10.3. The molecule has 6 nitrogen and oxygen atoms in total. The van der Waals surface area contributed by atoms with E-state index in [4.69, 9.17) is 14.2 Å². The number of hydrogen-bond donors (Lipinski definition) is 0. The fourth-order valence-electron chi connectivity index (χ4n) is 1.71.